The lowest BCUT2D eigenvalue weighted by molar-refractivity contribution is 0.640. The number of aryl methyl sites for hydroxylation is 1. The summed E-state index contributed by atoms with van der Waals surface area (Å²) in [5, 5.41) is 8.56. The van der Waals surface area contributed by atoms with E-state index >= 15 is 0 Å². The van der Waals surface area contributed by atoms with E-state index in [1.807, 2.05) is 17.8 Å². The van der Waals surface area contributed by atoms with Crippen molar-refractivity contribution in [2.75, 3.05) is 5.75 Å². The van der Waals surface area contributed by atoms with Gasteiger partial charge in [-0.2, -0.15) is 5.10 Å². The highest BCUT2D eigenvalue weighted by Gasteiger charge is 2.12. The highest BCUT2D eigenvalue weighted by molar-refractivity contribution is 8.13. The van der Waals surface area contributed by atoms with Crippen molar-refractivity contribution in [2.24, 2.45) is 12.0 Å². The molecule has 0 aliphatic carbocycles. The maximum Gasteiger partial charge on any atom is 0.157 e. The second-order valence-electron chi connectivity index (χ2n) is 3.75. The van der Waals surface area contributed by atoms with Gasteiger partial charge in [-0.15, -0.1) is 0 Å². The molecule has 1 aromatic heterocycles. The highest BCUT2D eigenvalue weighted by Crippen LogP contribution is 2.14. The van der Waals surface area contributed by atoms with Crippen LogP contribution in [-0.4, -0.2) is 26.7 Å². The van der Waals surface area contributed by atoms with Gasteiger partial charge in [-0.3, -0.25) is 9.67 Å². The number of thioether (sulfide) groups is 1. The van der Waals surface area contributed by atoms with Crippen LogP contribution in [0, 0.1) is 0 Å². The zero-order valence-electron chi connectivity index (χ0n) is 9.10. The molecule has 1 unspecified atom stereocenters. The van der Waals surface area contributed by atoms with E-state index in [-0.39, 0.29) is 0 Å². The lowest BCUT2D eigenvalue weighted by atomic mass is 10.3. The highest BCUT2D eigenvalue weighted by atomic mass is 32.2. The van der Waals surface area contributed by atoms with E-state index in [0.29, 0.717) is 12.6 Å². The number of nitrogens with one attached hydrogen (secondary N) is 1. The van der Waals surface area contributed by atoms with Crippen LogP contribution in [0.25, 0.3) is 0 Å². The Bertz CT molecular complexity index is 358. The van der Waals surface area contributed by atoms with E-state index in [0.717, 1.165) is 10.9 Å². The van der Waals surface area contributed by atoms with Crippen molar-refractivity contribution in [1.29, 1.82) is 0 Å². The molecule has 0 spiro atoms. The van der Waals surface area contributed by atoms with Gasteiger partial charge in [0.05, 0.1) is 12.2 Å². The zero-order valence-corrected chi connectivity index (χ0v) is 9.92. The summed E-state index contributed by atoms with van der Waals surface area (Å²) in [7, 11) is 1.94. The zero-order chi connectivity index (χ0) is 10.7. The number of nitrogens with zero attached hydrogens (tertiary/aromatic N) is 3. The van der Waals surface area contributed by atoms with Crippen LogP contribution in [0.15, 0.2) is 17.3 Å². The largest absolute Gasteiger partial charge is 0.362 e. The summed E-state index contributed by atoms with van der Waals surface area (Å²) < 4.78 is 1.86. The van der Waals surface area contributed by atoms with Crippen LogP contribution in [0.3, 0.4) is 0 Å². The molecule has 0 saturated carbocycles. The maximum atomic E-state index is 4.54. The number of rotatable bonds is 2. The third-order valence-corrected chi connectivity index (χ3v) is 3.43. The molecule has 0 bridgehead atoms. The Morgan fingerprint density at radius 1 is 1.73 bits per heavy atom. The Balaban J connectivity index is 1.96. The van der Waals surface area contributed by atoms with Gasteiger partial charge in [0.1, 0.15) is 0 Å². The summed E-state index contributed by atoms with van der Waals surface area (Å²) in [6.45, 7) is 2.90. The number of aliphatic imine (C=N–C) groups is 1. The predicted octanol–water partition coefficient (Wildman–Crippen LogP) is 1.39. The van der Waals surface area contributed by atoms with Crippen molar-refractivity contribution >= 4 is 16.9 Å². The first kappa shape index (κ1) is 10.5. The Labute approximate surface area is 94.2 Å². The van der Waals surface area contributed by atoms with Crippen LogP contribution in [0.4, 0.5) is 0 Å². The summed E-state index contributed by atoms with van der Waals surface area (Å²) >= 11 is 1.80. The number of hydrogen-bond donors (Lipinski definition) is 1. The molecule has 1 saturated heterocycles. The molecule has 15 heavy (non-hydrogen) atoms. The van der Waals surface area contributed by atoms with Gasteiger partial charge in [0.15, 0.2) is 5.17 Å². The summed E-state index contributed by atoms with van der Waals surface area (Å²) in [5.41, 5.74) is 1.14. The van der Waals surface area contributed by atoms with E-state index in [1.165, 1.54) is 12.2 Å². The van der Waals surface area contributed by atoms with Crippen molar-refractivity contribution in [3.63, 3.8) is 0 Å². The Hall–Kier alpha value is -0.970. The first-order valence-corrected chi connectivity index (χ1v) is 6.15. The molecule has 0 radical (unpaired) electrons. The molecular formula is C10H16N4S. The third kappa shape index (κ3) is 2.75. The molecular weight excluding hydrogens is 208 g/mol. The Kier molecular flexibility index (Phi) is 3.30. The van der Waals surface area contributed by atoms with Gasteiger partial charge in [-0.25, -0.2) is 0 Å². The molecule has 4 nitrogen and oxygen atoms in total. The predicted molar refractivity (Wildman–Crippen MR) is 64.0 cm³/mol. The molecule has 0 amide bonds. The van der Waals surface area contributed by atoms with Crippen LogP contribution in [0.5, 0.6) is 0 Å². The molecule has 0 aromatic carbocycles. The van der Waals surface area contributed by atoms with Gasteiger partial charge in [0, 0.05) is 25.0 Å². The standard InChI is InChI=1S/C10H16N4S/c1-8-4-6-15-10(13-8)11-7-9-3-5-12-14(9)2/h3,5,8H,4,6-7H2,1-2H3,(H,11,13). The summed E-state index contributed by atoms with van der Waals surface area (Å²) in [6.07, 6.45) is 3.02. The van der Waals surface area contributed by atoms with Gasteiger partial charge in [-0.05, 0) is 19.4 Å². The molecule has 1 aliphatic rings. The normalized spacial score (nSPS) is 24.1. The average Bonchev–Trinajstić information content (AvgIpc) is 2.61. The Morgan fingerprint density at radius 3 is 3.27 bits per heavy atom. The minimum absolute atomic E-state index is 0.552. The van der Waals surface area contributed by atoms with Gasteiger partial charge in [0.2, 0.25) is 0 Å². The fraction of sp³-hybridized carbons (Fsp3) is 0.600. The van der Waals surface area contributed by atoms with Gasteiger partial charge < -0.3 is 5.32 Å². The number of amidine groups is 1. The van der Waals surface area contributed by atoms with Crippen molar-refractivity contribution in [3.8, 4) is 0 Å². The van der Waals surface area contributed by atoms with Crippen LogP contribution in [0.2, 0.25) is 0 Å². The lowest BCUT2D eigenvalue weighted by Crippen LogP contribution is -2.35. The van der Waals surface area contributed by atoms with E-state index in [4.69, 9.17) is 0 Å². The average molecular weight is 224 g/mol. The first-order chi connectivity index (χ1) is 7.25. The topological polar surface area (TPSA) is 42.2 Å². The number of hydrogen-bond acceptors (Lipinski definition) is 3. The van der Waals surface area contributed by atoms with Crippen LogP contribution in [0.1, 0.15) is 19.0 Å². The molecule has 1 aliphatic heterocycles. The first-order valence-electron chi connectivity index (χ1n) is 5.16. The van der Waals surface area contributed by atoms with E-state index < -0.39 is 0 Å². The number of aromatic nitrogens is 2. The molecule has 1 atom stereocenters. The van der Waals surface area contributed by atoms with Crippen LogP contribution < -0.4 is 5.32 Å². The fourth-order valence-electron chi connectivity index (χ4n) is 1.46. The lowest BCUT2D eigenvalue weighted by Gasteiger charge is -2.21. The monoisotopic (exact) mass is 224 g/mol. The Morgan fingerprint density at radius 2 is 2.60 bits per heavy atom. The smallest absolute Gasteiger partial charge is 0.157 e. The molecule has 1 aromatic rings. The fourth-order valence-corrected chi connectivity index (χ4v) is 2.56. The van der Waals surface area contributed by atoms with Crippen molar-refractivity contribution in [1.82, 2.24) is 15.1 Å². The second-order valence-corrected chi connectivity index (χ2v) is 4.83. The van der Waals surface area contributed by atoms with Gasteiger partial charge >= 0.3 is 0 Å². The van der Waals surface area contributed by atoms with Crippen molar-refractivity contribution in [3.05, 3.63) is 18.0 Å². The minimum Gasteiger partial charge on any atom is -0.362 e. The van der Waals surface area contributed by atoms with Gasteiger partial charge in [-0.1, -0.05) is 11.8 Å². The minimum atomic E-state index is 0.552. The molecule has 82 valence electrons. The molecule has 5 heteroatoms. The molecule has 1 fully saturated rings. The maximum absolute atomic E-state index is 4.54. The third-order valence-electron chi connectivity index (χ3n) is 2.47. The SMILES string of the molecule is CC1CCSC(=NCc2ccnn2C)N1. The quantitative estimate of drug-likeness (QED) is 0.825. The van der Waals surface area contributed by atoms with Crippen LogP contribution >= 0.6 is 11.8 Å². The second kappa shape index (κ2) is 4.70. The van der Waals surface area contributed by atoms with Crippen LogP contribution in [-0.2, 0) is 13.6 Å². The van der Waals surface area contributed by atoms with E-state index in [9.17, 15) is 0 Å². The van der Waals surface area contributed by atoms with E-state index in [2.05, 4.69) is 22.3 Å². The molecule has 1 N–H and O–H groups in total. The van der Waals surface area contributed by atoms with Crippen molar-refractivity contribution in [2.45, 2.75) is 25.9 Å². The molecule has 2 heterocycles. The van der Waals surface area contributed by atoms with Gasteiger partial charge in [0.25, 0.3) is 0 Å². The summed E-state index contributed by atoms with van der Waals surface area (Å²) in [6, 6.07) is 2.55. The van der Waals surface area contributed by atoms with Crippen molar-refractivity contribution < 1.29 is 0 Å². The summed E-state index contributed by atoms with van der Waals surface area (Å²) in [5.74, 6) is 1.17. The van der Waals surface area contributed by atoms with E-state index in [1.54, 1.807) is 18.0 Å². The molecule has 2 rings (SSSR count). The summed E-state index contributed by atoms with van der Waals surface area (Å²) in [4.78, 5) is 4.54.